The Hall–Kier alpha value is -0.280. The van der Waals surface area contributed by atoms with Crippen LogP contribution in [0.2, 0.25) is 0 Å². The number of rotatable bonds is 3. The zero-order valence-corrected chi connectivity index (χ0v) is 11.8. The Bertz CT molecular complexity index is 280. The average Bonchev–Trinajstić information content (AvgIpc) is 2.70. The maximum atomic E-state index is 12.1. The van der Waals surface area contributed by atoms with Crippen LogP contribution in [0.15, 0.2) is 0 Å². The molecule has 0 aromatic carbocycles. The first-order chi connectivity index (χ1) is 8.33. The molecule has 1 heterocycles. The van der Waals surface area contributed by atoms with Crippen molar-refractivity contribution in [1.29, 1.82) is 0 Å². The molecule has 18 heavy (non-hydrogen) atoms. The van der Waals surface area contributed by atoms with Crippen molar-refractivity contribution in [2.75, 3.05) is 6.54 Å². The average molecular weight is 273 g/mol. The Morgan fingerprint density at radius 2 is 1.89 bits per heavy atom. The first-order valence-electron chi connectivity index (χ1n) is 7.36. The highest BCUT2D eigenvalue weighted by molar-refractivity contribution is 5.85. The Labute approximate surface area is 116 Å². The minimum absolute atomic E-state index is 0. The fraction of sp³-hybridized carbons (Fsp3) is 0.929. The molecule has 0 aromatic heterocycles. The molecule has 0 spiro atoms. The van der Waals surface area contributed by atoms with Crippen LogP contribution in [0.25, 0.3) is 0 Å². The van der Waals surface area contributed by atoms with Gasteiger partial charge in [-0.05, 0) is 43.9 Å². The van der Waals surface area contributed by atoms with Gasteiger partial charge in [-0.15, -0.1) is 12.4 Å². The fourth-order valence-electron chi connectivity index (χ4n) is 3.59. The molecule has 3 nitrogen and oxygen atoms in total. The van der Waals surface area contributed by atoms with E-state index in [9.17, 15) is 4.79 Å². The van der Waals surface area contributed by atoms with Crippen LogP contribution in [0.5, 0.6) is 0 Å². The summed E-state index contributed by atoms with van der Waals surface area (Å²) >= 11 is 0. The Kier molecular flexibility index (Phi) is 4.91. The van der Waals surface area contributed by atoms with Crippen molar-refractivity contribution < 1.29 is 4.79 Å². The lowest BCUT2D eigenvalue weighted by Crippen LogP contribution is -2.45. The van der Waals surface area contributed by atoms with Gasteiger partial charge in [-0.3, -0.25) is 4.79 Å². The normalized spacial score (nSPS) is 35.2. The molecule has 3 atom stereocenters. The number of amides is 1. The SMILES string of the molecule is Cl.O=C(NCC1CCC1)C1CC2CCCCC2N1. The fourth-order valence-corrected chi connectivity index (χ4v) is 3.59. The van der Waals surface area contributed by atoms with E-state index < -0.39 is 0 Å². The van der Waals surface area contributed by atoms with E-state index in [-0.39, 0.29) is 24.4 Å². The molecular formula is C14H25ClN2O. The van der Waals surface area contributed by atoms with E-state index in [0.717, 1.165) is 24.8 Å². The van der Waals surface area contributed by atoms with Crippen molar-refractivity contribution in [1.82, 2.24) is 10.6 Å². The summed E-state index contributed by atoms with van der Waals surface area (Å²) in [4.78, 5) is 12.1. The van der Waals surface area contributed by atoms with E-state index in [2.05, 4.69) is 10.6 Å². The zero-order valence-electron chi connectivity index (χ0n) is 11.0. The summed E-state index contributed by atoms with van der Waals surface area (Å²) in [6.07, 6.45) is 10.3. The number of nitrogens with one attached hydrogen (secondary N) is 2. The quantitative estimate of drug-likeness (QED) is 0.827. The molecule has 0 radical (unpaired) electrons. The predicted molar refractivity (Wildman–Crippen MR) is 74.9 cm³/mol. The third kappa shape index (κ3) is 3.00. The largest absolute Gasteiger partial charge is 0.354 e. The van der Waals surface area contributed by atoms with Gasteiger partial charge in [0.2, 0.25) is 5.91 Å². The maximum absolute atomic E-state index is 12.1. The van der Waals surface area contributed by atoms with Crippen molar-refractivity contribution >= 4 is 18.3 Å². The minimum Gasteiger partial charge on any atom is -0.354 e. The van der Waals surface area contributed by atoms with E-state index in [4.69, 9.17) is 0 Å². The molecule has 1 saturated heterocycles. The summed E-state index contributed by atoms with van der Waals surface area (Å²) in [6.45, 7) is 0.909. The van der Waals surface area contributed by atoms with Gasteiger partial charge in [-0.1, -0.05) is 19.3 Å². The van der Waals surface area contributed by atoms with Gasteiger partial charge in [0.1, 0.15) is 0 Å². The van der Waals surface area contributed by atoms with E-state index in [1.165, 1.54) is 44.9 Å². The summed E-state index contributed by atoms with van der Waals surface area (Å²) in [5, 5.41) is 6.68. The van der Waals surface area contributed by atoms with Gasteiger partial charge in [-0.2, -0.15) is 0 Å². The Morgan fingerprint density at radius 3 is 2.56 bits per heavy atom. The summed E-state index contributed by atoms with van der Waals surface area (Å²) in [5.41, 5.74) is 0. The molecular weight excluding hydrogens is 248 g/mol. The van der Waals surface area contributed by atoms with Gasteiger partial charge in [0.05, 0.1) is 6.04 Å². The molecule has 104 valence electrons. The molecule has 3 unspecified atom stereocenters. The van der Waals surface area contributed by atoms with Gasteiger partial charge in [0.25, 0.3) is 0 Å². The minimum atomic E-state index is 0. The van der Waals surface area contributed by atoms with Crippen molar-refractivity contribution in [3.63, 3.8) is 0 Å². The molecule has 3 fully saturated rings. The molecule has 1 aliphatic heterocycles. The van der Waals surface area contributed by atoms with E-state index in [1.807, 2.05) is 0 Å². The van der Waals surface area contributed by atoms with Crippen LogP contribution in [0.4, 0.5) is 0 Å². The third-order valence-corrected chi connectivity index (χ3v) is 4.97. The maximum Gasteiger partial charge on any atom is 0.237 e. The molecule has 0 bridgehead atoms. The second-order valence-electron chi connectivity index (χ2n) is 6.15. The highest BCUT2D eigenvalue weighted by atomic mass is 35.5. The van der Waals surface area contributed by atoms with Crippen molar-refractivity contribution in [3.8, 4) is 0 Å². The van der Waals surface area contributed by atoms with Gasteiger partial charge in [0, 0.05) is 12.6 Å². The predicted octanol–water partition coefficient (Wildman–Crippen LogP) is 2.25. The summed E-state index contributed by atoms with van der Waals surface area (Å²) in [7, 11) is 0. The smallest absolute Gasteiger partial charge is 0.237 e. The number of halogens is 1. The van der Waals surface area contributed by atoms with E-state index in [1.54, 1.807) is 0 Å². The van der Waals surface area contributed by atoms with Crippen LogP contribution < -0.4 is 10.6 Å². The van der Waals surface area contributed by atoms with E-state index >= 15 is 0 Å². The highest BCUT2D eigenvalue weighted by Crippen LogP contribution is 2.33. The number of hydrogen-bond donors (Lipinski definition) is 2. The van der Waals surface area contributed by atoms with Crippen LogP contribution in [0.3, 0.4) is 0 Å². The molecule has 1 amide bonds. The molecule has 3 rings (SSSR count). The van der Waals surface area contributed by atoms with Gasteiger partial charge in [-0.25, -0.2) is 0 Å². The zero-order chi connectivity index (χ0) is 11.7. The van der Waals surface area contributed by atoms with Crippen LogP contribution in [0.1, 0.15) is 51.4 Å². The number of fused-ring (bicyclic) bond motifs is 1. The van der Waals surface area contributed by atoms with Crippen molar-refractivity contribution in [2.45, 2.75) is 63.5 Å². The van der Waals surface area contributed by atoms with Crippen molar-refractivity contribution in [3.05, 3.63) is 0 Å². The first-order valence-corrected chi connectivity index (χ1v) is 7.36. The van der Waals surface area contributed by atoms with Crippen molar-refractivity contribution in [2.24, 2.45) is 11.8 Å². The summed E-state index contributed by atoms with van der Waals surface area (Å²) in [6, 6.07) is 0.728. The second-order valence-corrected chi connectivity index (χ2v) is 6.15. The van der Waals surface area contributed by atoms with Crippen LogP contribution in [-0.2, 0) is 4.79 Å². The van der Waals surface area contributed by atoms with Gasteiger partial charge in [0.15, 0.2) is 0 Å². The Balaban J connectivity index is 0.00000120. The molecule has 2 N–H and O–H groups in total. The lowest BCUT2D eigenvalue weighted by atomic mass is 9.84. The second kappa shape index (κ2) is 6.25. The summed E-state index contributed by atoms with van der Waals surface area (Å²) < 4.78 is 0. The topological polar surface area (TPSA) is 41.1 Å². The number of hydrogen-bond acceptors (Lipinski definition) is 2. The molecule has 4 heteroatoms. The first kappa shape index (κ1) is 14.1. The van der Waals surface area contributed by atoms with Crippen LogP contribution >= 0.6 is 12.4 Å². The lowest BCUT2D eigenvalue weighted by Gasteiger charge is -2.26. The molecule has 2 aliphatic carbocycles. The standard InChI is InChI=1S/C14H24N2O.ClH/c17-14(15-9-10-4-3-5-10)13-8-11-6-1-2-7-12(11)16-13;/h10-13,16H,1-9H2,(H,15,17);1H. The molecule has 3 aliphatic rings. The summed E-state index contributed by atoms with van der Waals surface area (Å²) in [5.74, 6) is 1.79. The van der Waals surface area contributed by atoms with Gasteiger partial charge >= 0.3 is 0 Å². The van der Waals surface area contributed by atoms with Crippen LogP contribution in [0, 0.1) is 11.8 Å². The van der Waals surface area contributed by atoms with Crippen LogP contribution in [-0.4, -0.2) is 24.5 Å². The number of carbonyl (C=O) groups excluding carboxylic acids is 1. The molecule has 2 saturated carbocycles. The van der Waals surface area contributed by atoms with Gasteiger partial charge < -0.3 is 10.6 Å². The lowest BCUT2D eigenvalue weighted by molar-refractivity contribution is -0.123. The third-order valence-electron chi connectivity index (χ3n) is 4.97. The Morgan fingerprint density at radius 1 is 1.11 bits per heavy atom. The highest BCUT2D eigenvalue weighted by Gasteiger charge is 2.38. The number of carbonyl (C=O) groups is 1. The molecule has 0 aromatic rings. The van der Waals surface area contributed by atoms with E-state index in [0.29, 0.717) is 6.04 Å². The monoisotopic (exact) mass is 272 g/mol.